The zero-order valence-electron chi connectivity index (χ0n) is 13.2. The topological polar surface area (TPSA) is 26.7 Å². The van der Waals surface area contributed by atoms with Gasteiger partial charge in [-0.1, -0.05) is 37.1 Å². The van der Waals surface area contributed by atoms with E-state index in [9.17, 15) is 5.11 Å². The molecule has 0 amide bonds. The average Bonchev–Trinajstić information content (AvgIpc) is 3.04. The first-order valence-electron chi connectivity index (χ1n) is 8.41. The van der Waals surface area contributed by atoms with Crippen molar-refractivity contribution in [2.45, 2.75) is 37.7 Å². The minimum absolute atomic E-state index is 0.356. The van der Waals surface area contributed by atoms with Crippen LogP contribution in [-0.4, -0.2) is 54.7 Å². The largest absolute Gasteiger partial charge is 0.387 e. The minimum Gasteiger partial charge on any atom is -0.387 e. The molecule has 3 heteroatoms. The van der Waals surface area contributed by atoms with Crippen LogP contribution in [0.1, 0.15) is 48.8 Å². The molecule has 1 aromatic rings. The van der Waals surface area contributed by atoms with Crippen LogP contribution in [0.5, 0.6) is 0 Å². The second-order valence-corrected chi connectivity index (χ2v) is 6.77. The molecule has 2 fully saturated rings. The first-order chi connectivity index (χ1) is 10.2. The van der Waals surface area contributed by atoms with Gasteiger partial charge in [0.1, 0.15) is 0 Å². The van der Waals surface area contributed by atoms with Gasteiger partial charge in [-0.2, -0.15) is 0 Å². The Morgan fingerprint density at radius 2 is 1.67 bits per heavy atom. The smallest absolute Gasteiger partial charge is 0.0916 e. The number of likely N-dealkylation sites (N-methyl/N-ethyl adjacent to an activating group) is 1. The highest BCUT2D eigenvalue weighted by Crippen LogP contribution is 2.34. The van der Waals surface area contributed by atoms with Gasteiger partial charge in [-0.25, -0.2) is 0 Å². The van der Waals surface area contributed by atoms with Gasteiger partial charge in [-0.15, -0.1) is 0 Å². The maximum Gasteiger partial charge on any atom is 0.0916 e. The van der Waals surface area contributed by atoms with Crippen LogP contribution in [0.2, 0.25) is 0 Å². The number of rotatable bonds is 4. The monoisotopic (exact) mass is 288 g/mol. The fraction of sp³-hybridized carbons (Fsp3) is 0.667. The molecule has 1 heterocycles. The van der Waals surface area contributed by atoms with Crippen LogP contribution in [0.4, 0.5) is 0 Å². The van der Waals surface area contributed by atoms with E-state index in [1.807, 2.05) is 0 Å². The van der Waals surface area contributed by atoms with Gasteiger partial charge in [0.15, 0.2) is 0 Å². The van der Waals surface area contributed by atoms with Crippen molar-refractivity contribution in [1.29, 1.82) is 0 Å². The van der Waals surface area contributed by atoms with E-state index in [1.54, 1.807) is 0 Å². The Balaban J connectivity index is 1.55. The van der Waals surface area contributed by atoms with Crippen LogP contribution in [0.15, 0.2) is 24.3 Å². The second-order valence-electron chi connectivity index (χ2n) is 6.77. The molecule has 1 saturated carbocycles. The molecule has 116 valence electrons. The third kappa shape index (κ3) is 3.85. The molecule has 1 N–H and O–H groups in total. The Bertz CT molecular complexity index is 431. The maximum absolute atomic E-state index is 10.4. The summed E-state index contributed by atoms with van der Waals surface area (Å²) in [4.78, 5) is 4.72. The highest BCUT2D eigenvalue weighted by atomic mass is 16.3. The lowest BCUT2D eigenvalue weighted by Gasteiger charge is -2.33. The predicted octanol–water partition coefficient (Wildman–Crippen LogP) is 2.63. The van der Waals surface area contributed by atoms with Crippen molar-refractivity contribution in [2.24, 2.45) is 0 Å². The number of hydrogen-bond donors (Lipinski definition) is 1. The third-order valence-electron chi connectivity index (χ3n) is 5.17. The van der Waals surface area contributed by atoms with Crippen molar-refractivity contribution < 1.29 is 5.11 Å². The number of β-amino-alcohol motifs (C(OH)–C–C–N with tert-alkyl or cyclic N) is 1. The van der Waals surface area contributed by atoms with E-state index in [0.29, 0.717) is 0 Å². The zero-order chi connectivity index (χ0) is 14.7. The van der Waals surface area contributed by atoms with Crippen molar-refractivity contribution in [3.8, 4) is 0 Å². The van der Waals surface area contributed by atoms with E-state index < -0.39 is 0 Å². The lowest BCUT2D eigenvalue weighted by molar-refractivity contribution is 0.0805. The number of piperazine rings is 1. The first kappa shape index (κ1) is 15.0. The summed E-state index contributed by atoms with van der Waals surface area (Å²) in [6.07, 6.45) is 5.06. The summed E-state index contributed by atoms with van der Waals surface area (Å²) in [6, 6.07) is 8.74. The molecule has 3 rings (SSSR count). The predicted molar refractivity (Wildman–Crippen MR) is 86.5 cm³/mol. The summed E-state index contributed by atoms with van der Waals surface area (Å²) in [5.41, 5.74) is 2.53. The van der Waals surface area contributed by atoms with Gasteiger partial charge >= 0.3 is 0 Å². The van der Waals surface area contributed by atoms with Crippen LogP contribution < -0.4 is 0 Å². The molecule has 1 aromatic carbocycles. The van der Waals surface area contributed by atoms with Crippen LogP contribution >= 0.6 is 0 Å². The molecule has 1 unspecified atom stereocenters. The van der Waals surface area contributed by atoms with Crippen molar-refractivity contribution in [2.75, 3.05) is 39.8 Å². The van der Waals surface area contributed by atoms with Gasteiger partial charge < -0.3 is 10.0 Å². The number of hydrogen-bond acceptors (Lipinski definition) is 3. The Kier molecular flexibility index (Phi) is 4.94. The molecular formula is C18H28N2O. The summed E-state index contributed by atoms with van der Waals surface area (Å²) >= 11 is 0. The molecular weight excluding hydrogens is 260 g/mol. The fourth-order valence-electron chi connectivity index (χ4n) is 3.63. The molecule has 1 aliphatic heterocycles. The number of nitrogens with zero attached hydrogens (tertiary/aromatic N) is 2. The third-order valence-corrected chi connectivity index (χ3v) is 5.17. The summed E-state index contributed by atoms with van der Waals surface area (Å²) in [5.74, 6) is 0.758. The Hall–Kier alpha value is -0.900. The van der Waals surface area contributed by atoms with E-state index in [1.165, 1.54) is 31.2 Å². The second kappa shape index (κ2) is 6.91. The van der Waals surface area contributed by atoms with E-state index in [-0.39, 0.29) is 6.10 Å². The summed E-state index contributed by atoms with van der Waals surface area (Å²) in [5, 5.41) is 10.4. The van der Waals surface area contributed by atoms with E-state index >= 15 is 0 Å². The van der Waals surface area contributed by atoms with E-state index in [4.69, 9.17) is 0 Å². The van der Waals surface area contributed by atoms with Crippen molar-refractivity contribution in [1.82, 2.24) is 9.80 Å². The number of aliphatic hydroxyl groups excluding tert-OH is 1. The number of aliphatic hydroxyl groups is 1. The lowest BCUT2D eigenvalue weighted by atomic mass is 9.95. The van der Waals surface area contributed by atoms with E-state index in [2.05, 4.69) is 41.1 Å². The van der Waals surface area contributed by atoms with Gasteiger partial charge in [0.2, 0.25) is 0 Å². The first-order valence-corrected chi connectivity index (χ1v) is 8.41. The fourth-order valence-corrected chi connectivity index (χ4v) is 3.63. The minimum atomic E-state index is -0.356. The average molecular weight is 288 g/mol. The van der Waals surface area contributed by atoms with Gasteiger partial charge in [0.05, 0.1) is 6.10 Å². The normalized spacial score (nSPS) is 23.5. The van der Waals surface area contributed by atoms with Gasteiger partial charge in [0, 0.05) is 32.7 Å². The Labute approximate surface area is 128 Å². The highest BCUT2D eigenvalue weighted by Gasteiger charge is 2.19. The molecule has 3 nitrogen and oxygen atoms in total. The van der Waals surface area contributed by atoms with Crippen molar-refractivity contribution >= 4 is 0 Å². The molecule has 0 aromatic heterocycles. The molecule has 1 saturated heterocycles. The Morgan fingerprint density at radius 3 is 2.29 bits per heavy atom. The molecule has 21 heavy (non-hydrogen) atoms. The summed E-state index contributed by atoms with van der Waals surface area (Å²) in [6.45, 7) is 5.10. The SMILES string of the molecule is CN1CCN(CC(O)c2ccc(C3CCCC3)cc2)CC1. The zero-order valence-corrected chi connectivity index (χ0v) is 13.2. The van der Waals surface area contributed by atoms with Crippen molar-refractivity contribution in [3.05, 3.63) is 35.4 Å². The molecule has 1 aliphatic carbocycles. The summed E-state index contributed by atoms with van der Waals surface area (Å²) in [7, 11) is 2.16. The lowest BCUT2D eigenvalue weighted by Crippen LogP contribution is -2.45. The molecule has 0 radical (unpaired) electrons. The van der Waals surface area contributed by atoms with Crippen LogP contribution in [-0.2, 0) is 0 Å². The van der Waals surface area contributed by atoms with Crippen LogP contribution in [0, 0.1) is 0 Å². The highest BCUT2D eigenvalue weighted by molar-refractivity contribution is 5.27. The Morgan fingerprint density at radius 1 is 1.05 bits per heavy atom. The molecule has 1 atom stereocenters. The van der Waals surface area contributed by atoms with Crippen LogP contribution in [0.25, 0.3) is 0 Å². The van der Waals surface area contributed by atoms with Gasteiger partial charge in [-0.05, 0) is 36.9 Å². The van der Waals surface area contributed by atoms with Crippen molar-refractivity contribution in [3.63, 3.8) is 0 Å². The molecule has 0 spiro atoms. The standard InChI is InChI=1S/C18H28N2O/c1-19-10-12-20(13-11-19)14-18(21)17-8-6-16(7-9-17)15-4-2-3-5-15/h6-9,15,18,21H,2-5,10-14H2,1H3. The molecule has 0 bridgehead atoms. The van der Waals surface area contributed by atoms with E-state index in [0.717, 1.165) is 44.2 Å². The number of benzene rings is 1. The summed E-state index contributed by atoms with van der Waals surface area (Å²) < 4.78 is 0. The maximum atomic E-state index is 10.4. The molecule has 2 aliphatic rings. The van der Waals surface area contributed by atoms with Crippen LogP contribution in [0.3, 0.4) is 0 Å². The van der Waals surface area contributed by atoms with Gasteiger partial charge in [-0.3, -0.25) is 4.90 Å². The quantitative estimate of drug-likeness (QED) is 0.922. The van der Waals surface area contributed by atoms with Gasteiger partial charge in [0.25, 0.3) is 0 Å².